The van der Waals surface area contributed by atoms with Crippen LogP contribution in [0.3, 0.4) is 0 Å². The number of nitrogens with zero attached hydrogens (tertiary/aromatic N) is 3. The quantitative estimate of drug-likeness (QED) is 0.336. The van der Waals surface area contributed by atoms with Crippen molar-refractivity contribution in [1.82, 2.24) is 9.55 Å². The van der Waals surface area contributed by atoms with Crippen LogP contribution in [0.15, 0.2) is 17.5 Å². The van der Waals surface area contributed by atoms with Gasteiger partial charge >= 0.3 is 0 Å². The topological polar surface area (TPSA) is 85.7 Å². The zero-order chi connectivity index (χ0) is 12.2. The van der Waals surface area contributed by atoms with Gasteiger partial charge in [-0.25, -0.2) is 4.98 Å². The molecule has 0 bridgehead atoms. The van der Waals surface area contributed by atoms with Gasteiger partial charge in [0.15, 0.2) is 5.82 Å². The number of rotatable bonds is 5. The van der Waals surface area contributed by atoms with Gasteiger partial charge in [-0.3, -0.25) is 0 Å². The first-order chi connectivity index (χ1) is 7.50. The van der Waals surface area contributed by atoms with Gasteiger partial charge in [-0.05, 0) is 20.3 Å². The summed E-state index contributed by atoms with van der Waals surface area (Å²) < 4.78 is 7.15. The zero-order valence-corrected chi connectivity index (χ0v) is 9.84. The van der Waals surface area contributed by atoms with Crippen molar-refractivity contribution in [1.29, 1.82) is 0 Å². The first kappa shape index (κ1) is 12.5. The van der Waals surface area contributed by atoms with Crippen LogP contribution in [0.25, 0.3) is 0 Å². The average Bonchev–Trinajstić information content (AvgIpc) is 2.73. The second-order valence-corrected chi connectivity index (χ2v) is 4.14. The third-order valence-corrected chi connectivity index (χ3v) is 2.56. The summed E-state index contributed by atoms with van der Waals surface area (Å²) in [6.45, 7) is 4.71. The van der Waals surface area contributed by atoms with Crippen molar-refractivity contribution in [3.05, 3.63) is 18.2 Å². The molecule has 0 saturated heterocycles. The normalized spacial score (nSPS) is 13.1. The Labute approximate surface area is 94.7 Å². The number of amidine groups is 1. The van der Waals surface area contributed by atoms with E-state index in [1.54, 1.807) is 19.5 Å². The number of imidazole rings is 1. The number of nitrogens with two attached hydrogens (primary N) is 1. The minimum absolute atomic E-state index is 0.0141. The molecule has 6 nitrogen and oxygen atoms in total. The van der Waals surface area contributed by atoms with E-state index in [9.17, 15) is 0 Å². The van der Waals surface area contributed by atoms with Crippen molar-refractivity contribution in [2.75, 3.05) is 7.11 Å². The largest absolute Gasteiger partial charge is 0.409 e. The van der Waals surface area contributed by atoms with Crippen LogP contribution < -0.4 is 5.73 Å². The second kappa shape index (κ2) is 4.98. The first-order valence-corrected chi connectivity index (χ1v) is 5.04. The molecule has 3 N–H and O–H groups in total. The number of aromatic nitrogens is 2. The molecule has 0 radical (unpaired) electrons. The number of methoxy groups -OCH3 is 1. The maximum atomic E-state index is 8.59. The van der Waals surface area contributed by atoms with Crippen LogP contribution in [0.4, 0.5) is 0 Å². The zero-order valence-electron chi connectivity index (χ0n) is 9.84. The number of ether oxygens (including phenoxy) is 1. The third kappa shape index (κ3) is 2.96. The Hall–Kier alpha value is -1.56. The summed E-state index contributed by atoms with van der Waals surface area (Å²) in [4.78, 5) is 4.02. The molecule has 0 aromatic carbocycles. The molecule has 1 heterocycles. The Balaban J connectivity index is 2.72. The van der Waals surface area contributed by atoms with E-state index in [1.807, 2.05) is 18.4 Å². The van der Waals surface area contributed by atoms with Gasteiger partial charge in [0.25, 0.3) is 0 Å². The fourth-order valence-electron chi connectivity index (χ4n) is 1.26. The highest BCUT2D eigenvalue weighted by Crippen LogP contribution is 2.14. The molecule has 6 heteroatoms. The van der Waals surface area contributed by atoms with Gasteiger partial charge in [-0.2, -0.15) is 0 Å². The van der Waals surface area contributed by atoms with Crippen molar-refractivity contribution >= 4 is 5.84 Å². The maximum Gasteiger partial charge on any atom is 0.206 e. The molecule has 1 aromatic rings. The van der Waals surface area contributed by atoms with Crippen LogP contribution in [0.2, 0.25) is 0 Å². The van der Waals surface area contributed by atoms with Gasteiger partial charge in [-0.15, -0.1) is 0 Å². The van der Waals surface area contributed by atoms with E-state index in [0.717, 1.165) is 6.42 Å². The highest BCUT2D eigenvalue weighted by Gasteiger charge is 2.17. The molecule has 0 saturated carbocycles. The van der Waals surface area contributed by atoms with Crippen molar-refractivity contribution in [3.8, 4) is 0 Å². The van der Waals surface area contributed by atoms with E-state index in [-0.39, 0.29) is 11.4 Å². The molecule has 16 heavy (non-hydrogen) atoms. The number of hydrogen-bond donors (Lipinski definition) is 2. The van der Waals surface area contributed by atoms with E-state index >= 15 is 0 Å². The molecule has 0 amide bonds. The van der Waals surface area contributed by atoms with Crippen LogP contribution >= 0.6 is 0 Å². The van der Waals surface area contributed by atoms with Crippen LogP contribution in [0.5, 0.6) is 0 Å². The molecule has 1 aromatic heterocycles. The Morgan fingerprint density at radius 3 is 2.94 bits per heavy atom. The minimum Gasteiger partial charge on any atom is -0.409 e. The van der Waals surface area contributed by atoms with Gasteiger partial charge in [0.2, 0.25) is 5.84 Å². The summed E-state index contributed by atoms with van der Waals surface area (Å²) in [5, 5.41) is 11.5. The number of hydrogen-bond acceptors (Lipinski definition) is 4. The fourth-order valence-corrected chi connectivity index (χ4v) is 1.26. The van der Waals surface area contributed by atoms with Crippen molar-refractivity contribution in [2.24, 2.45) is 10.9 Å². The Bertz CT molecular complexity index is 371. The highest BCUT2D eigenvalue weighted by molar-refractivity contribution is 5.93. The predicted molar refractivity (Wildman–Crippen MR) is 60.4 cm³/mol. The number of aryl methyl sites for hydroxylation is 1. The lowest BCUT2D eigenvalue weighted by atomic mass is 10.1. The van der Waals surface area contributed by atoms with E-state index in [2.05, 4.69) is 10.1 Å². The fraction of sp³-hybridized carbons (Fsp3) is 0.600. The summed E-state index contributed by atoms with van der Waals surface area (Å²) in [6, 6.07) is 0. The van der Waals surface area contributed by atoms with Crippen molar-refractivity contribution < 1.29 is 9.94 Å². The minimum atomic E-state index is -0.202. The molecule has 0 aliphatic carbocycles. The van der Waals surface area contributed by atoms with Crippen molar-refractivity contribution in [2.45, 2.75) is 32.4 Å². The van der Waals surface area contributed by atoms with Gasteiger partial charge in [-0.1, -0.05) is 5.16 Å². The molecule has 0 atom stereocenters. The lowest BCUT2D eigenvalue weighted by molar-refractivity contribution is 0.0120. The van der Waals surface area contributed by atoms with Gasteiger partial charge in [0, 0.05) is 26.0 Å². The van der Waals surface area contributed by atoms with Gasteiger partial charge < -0.3 is 20.2 Å². The predicted octanol–water partition coefficient (Wildman–Crippen LogP) is 0.793. The molecule has 0 unspecified atom stereocenters. The van der Waals surface area contributed by atoms with Crippen molar-refractivity contribution in [3.63, 3.8) is 0 Å². The average molecular weight is 226 g/mol. The molecular weight excluding hydrogens is 208 g/mol. The lowest BCUT2D eigenvalue weighted by Crippen LogP contribution is -2.26. The molecular formula is C10H18N4O2. The van der Waals surface area contributed by atoms with E-state index < -0.39 is 0 Å². The SMILES string of the molecule is COC(C)(C)CCn1ccnc1/C(N)=N/O. The molecule has 0 spiro atoms. The van der Waals surface area contributed by atoms with Crippen LogP contribution in [-0.2, 0) is 11.3 Å². The summed E-state index contributed by atoms with van der Waals surface area (Å²) in [7, 11) is 1.68. The summed E-state index contributed by atoms with van der Waals surface area (Å²) in [5.74, 6) is 0.481. The monoisotopic (exact) mass is 226 g/mol. The van der Waals surface area contributed by atoms with Crippen LogP contribution in [0.1, 0.15) is 26.1 Å². The van der Waals surface area contributed by atoms with Crippen LogP contribution in [-0.4, -0.2) is 33.3 Å². The standard InChI is InChI=1S/C10H18N4O2/c1-10(2,16-3)4-6-14-7-5-12-9(14)8(11)13-15/h5,7,15H,4,6H2,1-3H3,(H2,11,13). The van der Waals surface area contributed by atoms with E-state index in [1.165, 1.54) is 0 Å². The lowest BCUT2D eigenvalue weighted by Gasteiger charge is -2.23. The summed E-state index contributed by atoms with van der Waals surface area (Å²) in [6.07, 6.45) is 4.22. The Kier molecular flexibility index (Phi) is 3.89. The molecule has 0 aliphatic rings. The van der Waals surface area contributed by atoms with E-state index in [0.29, 0.717) is 12.4 Å². The summed E-state index contributed by atoms with van der Waals surface area (Å²) >= 11 is 0. The molecule has 1 rings (SSSR count). The highest BCUT2D eigenvalue weighted by atomic mass is 16.5. The molecule has 0 fully saturated rings. The first-order valence-electron chi connectivity index (χ1n) is 5.04. The Morgan fingerprint density at radius 2 is 2.38 bits per heavy atom. The number of oxime groups is 1. The smallest absolute Gasteiger partial charge is 0.206 e. The van der Waals surface area contributed by atoms with Gasteiger partial charge in [0.1, 0.15) is 0 Å². The van der Waals surface area contributed by atoms with E-state index in [4.69, 9.17) is 15.7 Å². The summed E-state index contributed by atoms with van der Waals surface area (Å²) in [5.41, 5.74) is 5.30. The maximum absolute atomic E-state index is 8.59. The van der Waals surface area contributed by atoms with Gasteiger partial charge in [0.05, 0.1) is 5.60 Å². The second-order valence-electron chi connectivity index (χ2n) is 4.14. The third-order valence-electron chi connectivity index (χ3n) is 2.56. The Morgan fingerprint density at radius 1 is 1.69 bits per heavy atom. The molecule has 90 valence electrons. The molecule has 0 aliphatic heterocycles. The van der Waals surface area contributed by atoms with Crippen LogP contribution in [0, 0.1) is 0 Å².